The summed E-state index contributed by atoms with van der Waals surface area (Å²) < 4.78 is 0. The third kappa shape index (κ3) is 3.19. The van der Waals surface area contributed by atoms with Gasteiger partial charge in [-0.2, -0.15) is 11.8 Å². The lowest BCUT2D eigenvalue weighted by Gasteiger charge is -2.15. The van der Waals surface area contributed by atoms with Crippen molar-refractivity contribution in [2.24, 2.45) is 0 Å². The Balaban J connectivity index is 2.25. The average Bonchev–Trinajstić information content (AvgIpc) is 2.62. The molecule has 1 rings (SSSR count). The zero-order valence-electron chi connectivity index (χ0n) is 8.38. The van der Waals surface area contributed by atoms with E-state index in [0.717, 1.165) is 25.3 Å². The molecule has 0 bridgehead atoms. The normalized spacial score (nSPS) is 22.3. The molecule has 0 aromatic heterocycles. The van der Waals surface area contributed by atoms with E-state index >= 15 is 0 Å². The van der Waals surface area contributed by atoms with E-state index in [2.05, 4.69) is 5.32 Å². The molecule has 1 saturated heterocycles. The highest BCUT2D eigenvalue weighted by Crippen LogP contribution is 2.10. The number of amides is 1. The molecule has 1 fully saturated rings. The van der Waals surface area contributed by atoms with Crippen molar-refractivity contribution in [1.29, 1.82) is 0 Å². The molecule has 0 spiro atoms. The van der Waals surface area contributed by atoms with E-state index < -0.39 is 0 Å². The molecule has 76 valence electrons. The van der Waals surface area contributed by atoms with Gasteiger partial charge in [0.15, 0.2) is 0 Å². The largest absolute Gasteiger partial charge is 0.341 e. The molecule has 1 heterocycles. The molecule has 0 radical (unpaired) electrons. The fraction of sp³-hybridized carbons (Fsp3) is 0.889. The van der Waals surface area contributed by atoms with Crippen LogP contribution in [0.1, 0.15) is 12.8 Å². The first-order valence-corrected chi connectivity index (χ1v) is 6.11. The van der Waals surface area contributed by atoms with Crippen LogP contribution in [0, 0.1) is 0 Å². The Bertz CT molecular complexity index is 175. The van der Waals surface area contributed by atoms with Crippen LogP contribution < -0.4 is 5.32 Å². The number of hydrogen-bond donors (Lipinski definition) is 1. The zero-order valence-corrected chi connectivity index (χ0v) is 9.19. The highest BCUT2D eigenvalue weighted by Gasteiger charge is 2.24. The van der Waals surface area contributed by atoms with Crippen molar-refractivity contribution < 1.29 is 4.79 Å². The van der Waals surface area contributed by atoms with Crippen molar-refractivity contribution in [2.75, 3.05) is 32.1 Å². The molecular weight excluding hydrogens is 184 g/mol. The van der Waals surface area contributed by atoms with E-state index in [4.69, 9.17) is 0 Å². The maximum Gasteiger partial charge on any atom is 0.223 e. The van der Waals surface area contributed by atoms with Gasteiger partial charge in [-0.1, -0.05) is 0 Å². The van der Waals surface area contributed by atoms with Crippen LogP contribution in [0.2, 0.25) is 0 Å². The Morgan fingerprint density at radius 3 is 3.00 bits per heavy atom. The Hall–Kier alpha value is -0.220. The van der Waals surface area contributed by atoms with Gasteiger partial charge in [-0.3, -0.25) is 4.79 Å². The number of thioether (sulfide) groups is 1. The predicted molar refractivity (Wildman–Crippen MR) is 57.0 cm³/mol. The second kappa shape index (κ2) is 5.50. The van der Waals surface area contributed by atoms with Crippen LogP contribution in [0.4, 0.5) is 0 Å². The number of nitrogens with zero attached hydrogens (tertiary/aromatic N) is 1. The highest BCUT2D eigenvalue weighted by atomic mass is 32.2. The van der Waals surface area contributed by atoms with Crippen molar-refractivity contribution in [1.82, 2.24) is 10.2 Å². The predicted octanol–water partition coefficient (Wildman–Crippen LogP) is 0.560. The van der Waals surface area contributed by atoms with E-state index in [1.54, 1.807) is 11.8 Å². The molecule has 1 N–H and O–H groups in total. The maximum atomic E-state index is 11.6. The summed E-state index contributed by atoms with van der Waals surface area (Å²) in [6.45, 7) is 1.82. The fourth-order valence-corrected chi connectivity index (χ4v) is 1.95. The van der Waals surface area contributed by atoms with Gasteiger partial charge in [0.05, 0.1) is 0 Å². The second-order valence-electron chi connectivity index (χ2n) is 3.36. The van der Waals surface area contributed by atoms with Crippen LogP contribution >= 0.6 is 11.8 Å². The zero-order chi connectivity index (χ0) is 9.68. The number of likely N-dealkylation sites (N-methyl/N-ethyl adjacent to an activating group) is 1. The number of nitrogens with one attached hydrogen (secondary N) is 1. The van der Waals surface area contributed by atoms with Gasteiger partial charge in [0.25, 0.3) is 0 Å². The lowest BCUT2D eigenvalue weighted by atomic mass is 10.3. The molecule has 3 nitrogen and oxygen atoms in total. The van der Waals surface area contributed by atoms with Crippen molar-refractivity contribution >= 4 is 17.7 Å². The van der Waals surface area contributed by atoms with Gasteiger partial charge < -0.3 is 10.2 Å². The first-order valence-electron chi connectivity index (χ1n) is 4.72. The third-order valence-corrected chi connectivity index (χ3v) is 3.08. The summed E-state index contributed by atoms with van der Waals surface area (Å²) in [5.41, 5.74) is 0. The van der Waals surface area contributed by atoms with Gasteiger partial charge in [0.2, 0.25) is 5.91 Å². The molecule has 0 aliphatic carbocycles. The van der Waals surface area contributed by atoms with Crippen molar-refractivity contribution in [3.8, 4) is 0 Å². The summed E-state index contributed by atoms with van der Waals surface area (Å²) in [7, 11) is 1.96. The summed E-state index contributed by atoms with van der Waals surface area (Å²) in [4.78, 5) is 13.5. The van der Waals surface area contributed by atoms with E-state index in [1.165, 1.54) is 0 Å². The quantitative estimate of drug-likeness (QED) is 0.723. The van der Waals surface area contributed by atoms with Crippen LogP contribution in [-0.4, -0.2) is 49.0 Å². The van der Waals surface area contributed by atoms with Crippen molar-refractivity contribution in [2.45, 2.75) is 18.9 Å². The van der Waals surface area contributed by atoms with Gasteiger partial charge in [-0.25, -0.2) is 0 Å². The Labute approximate surface area is 84.2 Å². The first kappa shape index (κ1) is 10.9. The summed E-state index contributed by atoms with van der Waals surface area (Å²) in [6, 6.07) is 0.512. The molecule has 0 aromatic carbocycles. The minimum absolute atomic E-state index is 0.312. The number of likely N-dealkylation sites (tertiary alicyclic amines) is 1. The molecule has 1 amide bonds. The summed E-state index contributed by atoms with van der Waals surface area (Å²) >= 11 is 1.73. The van der Waals surface area contributed by atoms with Gasteiger partial charge in [0.1, 0.15) is 0 Å². The second-order valence-corrected chi connectivity index (χ2v) is 4.34. The summed E-state index contributed by atoms with van der Waals surface area (Å²) in [6.07, 6.45) is 3.83. The van der Waals surface area contributed by atoms with Gasteiger partial charge in [-0.05, 0) is 19.7 Å². The number of hydrogen-bond acceptors (Lipinski definition) is 3. The number of rotatable bonds is 4. The molecule has 4 heteroatoms. The van der Waals surface area contributed by atoms with Crippen molar-refractivity contribution in [3.05, 3.63) is 0 Å². The van der Waals surface area contributed by atoms with E-state index in [-0.39, 0.29) is 0 Å². The van der Waals surface area contributed by atoms with Crippen LogP contribution in [0.25, 0.3) is 0 Å². The number of carbonyl (C=O) groups excluding carboxylic acids is 1. The smallest absolute Gasteiger partial charge is 0.223 e. The Morgan fingerprint density at radius 1 is 1.69 bits per heavy atom. The lowest BCUT2D eigenvalue weighted by Crippen LogP contribution is -2.33. The molecule has 0 aromatic rings. The van der Waals surface area contributed by atoms with E-state index in [9.17, 15) is 4.79 Å². The van der Waals surface area contributed by atoms with Gasteiger partial charge >= 0.3 is 0 Å². The highest BCUT2D eigenvalue weighted by molar-refractivity contribution is 7.98. The molecule has 1 unspecified atom stereocenters. The summed E-state index contributed by atoms with van der Waals surface area (Å²) in [5.74, 6) is 1.26. The molecule has 1 atom stereocenters. The minimum atomic E-state index is 0.312. The first-order chi connectivity index (χ1) is 6.27. The van der Waals surface area contributed by atoms with E-state index in [1.807, 2.05) is 18.2 Å². The van der Waals surface area contributed by atoms with Crippen LogP contribution in [-0.2, 0) is 4.79 Å². The molecule has 1 aliphatic rings. The van der Waals surface area contributed by atoms with E-state index in [0.29, 0.717) is 18.4 Å². The number of carbonyl (C=O) groups is 1. The third-order valence-electron chi connectivity index (χ3n) is 2.47. The average molecular weight is 202 g/mol. The standard InChI is InChI=1S/C9H18N2OS/c1-10-8-3-5-11(7-8)9(12)4-6-13-2/h8,10H,3-7H2,1-2H3. The lowest BCUT2D eigenvalue weighted by molar-refractivity contribution is -0.129. The minimum Gasteiger partial charge on any atom is -0.341 e. The SMILES string of the molecule is CNC1CCN(C(=O)CCSC)C1. The molecule has 0 saturated carbocycles. The van der Waals surface area contributed by atoms with Gasteiger partial charge in [0, 0.05) is 31.3 Å². The van der Waals surface area contributed by atoms with Crippen LogP contribution in [0.3, 0.4) is 0 Å². The molecule has 1 aliphatic heterocycles. The van der Waals surface area contributed by atoms with Gasteiger partial charge in [-0.15, -0.1) is 0 Å². The van der Waals surface area contributed by atoms with Crippen molar-refractivity contribution in [3.63, 3.8) is 0 Å². The maximum absolute atomic E-state index is 11.6. The van der Waals surface area contributed by atoms with Crippen LogP contribution in [0.15, 0.2) is 0 Å². The monoisotopic (exact) mass is 202 g/mol. The Kier molecular flexibility index (Phi) is 4.59. The van der Waals surface area contributed by atoms with Crippen LogP contribution in [0.5, 0.6) is 0 Å². The Morgan fingerprint density at radius 2 is 2.46 bits per heavy atom. The molecule has 13 heavy (non-hydrogen) atoms. The molecular formula is C9H18N2OS. The topological polar surface area (TPSA) is 32.3 Å². The summed E-state index contributed by atoms with van der Waals surface area (Å²) in [5, 5.41) is 3.21. The fourth-order valence-electron chi connectivity index (χ4n) is 1.57.